The van der Waals surface area contributed by atoms with E-state index in [1.165, 1.54) is 11.3 Å². The molecule has 1 heterocycles. The predicted octanol–water partition coefficient (Wildman–Crippen LogP) is 2.89. The van der Waals surface area contributed by atoms with Crippen LogP contribution in [0.25, 0.3) is 0 Å². The number of aliphatic carboxylic acids is 1. The summed E-state index contributed by atoms with van der Waals surface area (Å²) in [6, 6.07) is 2.45. The molecule has 0 spiro atoms. The quantitative estimate of drug-likeness (QED) is 0.689. The smallest absolute Gasteiger partial charge is 0.326 e. The lowest BCUT2D eigenvalue weighted by Crippen LogP contribution is -2.46. The van der Waals surface area contributed by atoms with Gasteiger partial charge in [0.05, 0.1) is 4.34 Å². The lowest BCUT2D eigenvalue weighted by atomic mass is 10.1. The molecule has 1 unspecified atom stereocenters. The van der Waals surface area contributed by atoms with Crippen LogP contribution in [-0.4, -0.2) is 29.7 Å². The summed E-state index contributed by atoms with van der Waals surface area (Å²) >= 11 is 7.28. The molecule has 2 amide bonds. The van der Waals surface area contributed by atoms with Crippen molar-refractivity contribution in [3.05, 3.63) is 21.3 Å². The number of rotatable bonds is 8. The van der Waals surface area contributed by atoms with E-state index in [1.54, 1.807) is 0 Å². The van der Waals surface area contributed by atoms with Gasteiger partial charge in [0.1, 0.15) is 6.04 Å². The molecule has 0 bridgehead atoms. The fourth-order valence-electron chi connectivity index (χ4n) is 1.66. The Morgan fingerprint density at radius 1 is 1.45 bits per heavy atom. The summed E-state index contributed by atoms with van der Waals surface area (Å²) < 4.78 is 0.718. The van der Waals surface area contributed by atoms with Crippen molar-refractivity contribution in [2.45, 2.75) is 38.6 Å². The SMILES string of the molecule is CCCCC(NC(=O)NCCc1ccc(Cl)s1)C(=O)O. The Morgan fingerprint density at radius 3 is 2.75 bits per heavy atom. The zero-order valence-corrected chi connectivity index (χ0v) is 12.9. The topological polar surface area (TPSA) is 78.4 Å². The second-order valence-corrected chi connectivity index (χ2v) is 6.19. The normalized spacial score (nSPS) is 11.9. The highest BCUT2D eigenvalue weighted by Gasteiger charge is 2.18. The van der Waals surface area contributed by atoms with Gasteiger partial charge in [-0.3, -0.25) is 0 Å². The number of carboxylic acid groups (broad SMARTS) is 1. The molecule has 7 heteroatoms. The molecule has 1 aromatic rings. The highest BCUT2D eigenvalue weighted by Crippen LogP contribution is 2.21. The van der Waals surface area contributed by atoms with Crippen LogP contribution in [0.3, 0.4) is 0 Å². The first-order valence-corrected chi connectivity index (χ1v) is 7.73. The lowest BCUT2D eigenvalue weighted by Gasteiger charge is -2.14. The van der Waals surface area contributed by atoms with E-state index in [1.807, 2.05) is 19.1 Å². The number of carboxylic acids is 1. The van der Waals surface area contributed by atoms with Crippen LogP contribution in [0, 0.1) is 0 Å². The van der Waals surface area contributed by atoms with Gasteiger partial charge in [0.15, 0.2) is 0 Å². The number of hydrogen-bond donors (Lipinski definition) is 3. The number of urea groups is 1. The second kappa shape index (κ2) is 8.81. The molecule has 1 aromatic heterocycles. The van der Waals surface area contributed by atoms with E-state index in [4.69, 9.17) is 16.7 Å². The minimum absolute atomic E-state index is 0.444. The van der Waals surface area contributed by atoms with Crippen LogP contribution in [-0.2, 0) is 11.2 Å². The molecule has 0 fully saturated rings. The minimum Gasteiger partial charge on any atom is -0.480 e. The van der Waals surface area contributed by atoms with Gasteiger partial charge in [-0.2, -0.15) is 0 Å². The van der Waals surface area contributed by atoms with Gasteiger partial charge in [0, 0.05) is 11.4 Å². The van der Waals surface area contributed by atoms with Gasteiger partial charge in [-0.1, -0.05) is 31.4 Å². The molecule has 0 radical (unpaired) electrons. The molecule has 0 aliphatic carbocycles. The average Bonchev–Trinajstić information content (AvgIpc) is 2.80. The number of unbranched alkanes of at least 4 members (excludes halogenated alkanes) is 1. The van der Waals surface area contributed by atoms with Gasteiger partial charge in [0.2, 0.25) is 0 Å². The zero-order valence-electron chi connectivity index (χ0n) is 11.3. The monoisotopic (exact) mass is 318 g/mol. The fraction of sp³-hybridized carbons (Fsp3) is 0.538. The van der Waals surface area contributed by atoms with Crippen LogP contribution >= 0.6 is 22.9 Å². The van der Waals surface area contributed by atoms with Crippen LogP contribution in [0.4, 0.5) is 4.79 Å². The van der Waals surface area contributed by atoms with Crippen molar-refractivity contribution in [2.75, 3.05) is 6.54 Å². The minimum atomic E-state index is -1.00. The maximum Gasteiger partial charge on any atom is 0.326 e. The van der Waals surface area contributed by atoms with Crippen molar-refractivity contribution in [2.24, 2.45) is 0 Å². The molecule has 0 saturated heterocycles. The highest BCUT2D eigenvalue weighted by atomic mass is 35.5. The number of hydrogen-bond acceptors (Lipinski definition) is 3. The van der Waals surface area contributed by atoms with Crippen molar-refractivity contribution in [3.8, 4) is 0 Å². The van der Waals surface area contributed by atoms with Gasteiger partial charge >= 0.3 is 12.0 Å². The highest BCUT2D eigenvalue weighted by molar-refractivity contribution is 7.16. The van der Waals surface area contributed by atoms with Gasteiger partial charge < -0.3 is 15.7 Å². The summed E-state index contributed by atoms with van der Waals surface area (Å²) in [5, 5.41) is 14.1. The average molecular weight is 319 g/mol. The molecule has 0 aliphatic heterocycles. The number of thiophene rings is 1. The van der Waals surface area contributed by atoms with E-state index in [9.17, 15) is 9.59 Å². The molecule has 3 N–H and O–H groups in total. The van der Waals surface area contributed by atoms with Crippen LogP contribution in [0.1, 0.15) is 31.1 Å². The van der Waals surface area contributed by atoms with Crippen molar-refractivity contribution in [3.63, 3.8) is 0 Å². The Hall–Kier alpha value is -1.27. The first-order chi connectivity index (χ1) is 9.52. The Kier molecular flexibility index (Phi) is 7.40. The van der Waals surface area contributed by atoms with E-state index in [2.05, 4.69) is 10.6 Å². The largest absolute Gasteiger partial charge is 0.480 e. The molecule has 1 rings (SSSR count). The summed E-state index contributed by atoms with van der Waals surface area (Å²) in [5.74, 6) is -1.00. The first-order valence-electron chi connectivity index (χ1n) is 6.54. The maximum atomic E-state index is 11.6. The van der Waals surface area contributed by atoms with Crippen LogP contribution in [0.2, 0.25) is 4.34 Å². The third kappa shape index (κ3) is 6.25. The van der Waals surface area contributed by atoms with Crippen molar-refractivity contribution < 1.29 is 14.7 Å². The van der Waals surface area contributed by atoms with Crippen molar-refractivity contribution in [1.82, 2.24) is 10.6 Å². The number of carbonyl (C=O) groups excluding carboxylic acids is 1. The number of carbonyl (C=O) groups is 2. The second-order valence-electron chi connectivity index (χ2n) is 4.39. The maximum absolute atomic E-state index is 11.6. The van der Waals surface area contributed by atoms with Crippen LogP contribution in [0.15, 0.2) is 12.1 Å². The third-order valence-electron chi connectivity index (χ3n) is 2.74. The predicted molar refractivity (Wildman–Crippen MR) is 80.5 cm³/mol. The standard InChI is InChI=1S/C13H19ClN2O3S/c1-2-3-4-10(12(17)18)16-13(19)15-8-7-9-5-6-11(14)20-9/h5-6,10H,2-4,7-8H2,1H3,(H,17,18)(H2,15,16,19). The summed E-state index contributed by atoms with van der Waals surface area (Å²) in [5.41, 5.74) is 0. The summed E-state index contributed by atoms with van der Waals surface area (Å²) in [4.78, 5) is 23.7. The number of halogens is 1. The molecular formula is C13H19ClN2O3S. The summed E-state index contributed by atoms with van der Waals surface area (Å²) in [6.07, 6.45) is 2.79. The Morgan fingerprint density at radius 2 is 2.20 bits per heavy atom. The van der Waals surface area contributed by atoms with E-state index in [0.717, 1.165) is 22.1 Å². The first kappa shape index (κ1) is 16.8. The van der Waals surface area contributed by atoms with Gasteiger partial charge in [-0.25, -0.2) is 9.59 Å². The Labute approximate surface area is 127 Å². The summed E-state index contributed by atoms with van der Waals surface area (Å²) in [7, 11) is 0. The molecule has 0 aliphatic rings. The van der Waals surface area contributed by atoms with Crippen molar-refractivity contribution in [1.29, 1.82) is 0 Å². The third-order valence-corrected chi connectivity index (χ3v) is 4.03. The van der Waals surface area contributed by atoms with Crippen LogP contribution in [0.5, 0.6) is 0 Å². The number of amides is 2. The molecule has 112 valence electrons. The molecule has 0 saturated carbocycles. The molecular weight excluding hydrogens is 300 g/mol. The molecule has 20 heavy (non-hydrogen) atoms. The van der Waals surface area contributed by atoms with E-state index in [-0.39, 0.29) is 0 Å². The molecule has 0 aromatic carbocycles. The van der Waals surface area contributed by atoms with E-state index >= 15 is 0 Å². The number of nitrogens with one attached hydrogen (secondary N) is 2. The van der Waals surface area contributed by atoms with Crippen LogP contribution < -0.4 is 10.6 Å². The van der Waals surface area contributed by atoms with E-state index < -0.39 is 18.0 Å². The van der Waals surface area contributed by atoms with Gasteiger partial charge in [-0.15, -0.1) is 11.3 Å². The zero-order chi connectivity index (χ0) is 15.0. The van der Waals surface area contributed by atoms with Gasteiger partial charge in [-0.05, 0) is 25.0 Å². The summed E-state index contributed by atoms with van der Waals surface area (Å²) in [6.45, 7) is 2.42. The van der Waals surface area contributed by atoms with Crippen molar-refractivity contribution >= 4 is 34.9 Å². The fourth-order valence-corrected chi connectivity index (χ4v) is 2.75. The Balaban J connectivity index is 2.28. The van der Waals surface area contributed by atoms with Gasteiger partial charge in [0.25, 0.3) is 0 Å². The molecule has 5 nitrogen and oxygen atoms in total. The van der Waals surface area contributed by atoms with E-state index in [0.29, 0.717) is 19.4 Å². The Bertz CT molecular complexity index is 451. The molecule has 1 atom stereocenters. The lowest BCUT2D eigenvalue weighted by molar-refractivity contribution is -0.139.